The number of nitrogen functional groups attached to an aromatic ring is 1. The molecule has 0 amide bonds. The summed E-state index contributed by atoms with van der Waals surface area (Å²) < 4.78 is 15.1. The van der Waals surface area contributed by atoms with Gasteiger partial charge in [-0.15, -0.1) is 0 Å². The zero-order chi connectivity index (χ0) is 19.7. The number of hydrogen-bond acceptors (Lipinski definition) is 5. The number of nitrogens with two attached hydrogens (primary N) is 2. The quantitative estimate of drug-likeness (QED) is 0.477. The number of imidazole rings is 1. The second-order valence-electron chi connectivity index (χ2n) is 6.20. The first-order chi connectivity index (χ1) is 13.6. The van der Waals surface area contributed by atoms with Crippen molar-refractivity contribution in [1.82, 2.24) is 14.4 Å². The number of nitrogens with one attached hydrogen (secondary N) is 1. The number of aromatic nitrogens is 3. The number of rotatable bonds is 4. The van der Waals surface area contributed by atoms with Gasteiger partial charge in [0.25, 0.3) is 0 Å². The highest BCUT2D eigenvalue weighted by Crippen LogP contribution is 2.24. The van der Waals surface area contributed by atoms with Crippen LogP contribution in [-0.2, 0) is 0 Å². The van der Waals surface area contributed by atoms with Gasteiger partial charge in [-0.05, 0) is 48.5 Å². The molecule has 6 nitrogen and oxygen atoms in total. The van der Waals surface area contributed by atoms with E-state index in [1.807, 2.05) is 34.9 Å². The lowest BCUT2D eigenvalue weighted by atomic mass is 9.98. The van der Waals surface area contributed by atoms with Gasteiger partial charge in [0.2, 0.25) is 0 Å². The number of nitrogens with zero attached hydrogens (tertiary/aromatic N) is 3. The fourth-order valence-corrected chi connectivity index (χ4v) is 3.02. The normalized spacial score (nSPS) is 11.7. The minimum Gasteiger partial charge on any atom is -0.404 e. The molecule has 3 heterocycles. The van der Waals surface area contributed by atoms with E-state index < -0.39 is 0 Å². The molecule has 0 radical (unpaired) electrons. The van der Waals surface area contributed by atoms with E-state index in [1.165, 1.54) is 18.3 Å². The Morgan fingerprint density at radius 1 is 1.04 bits per heavy atom. The molecular formula is C21H17FN6. The molecule has 4 rings (SSSR count). The van der Waals surface area contributed by atoms with Gasteiger partial charge in [0.15, 0.2) is 0 Å². The molecule has 0 saturated heterocycles. The van der Waals surface area contributed by atoms with Crippen molar-refractivity contribution in [3.05, 3.63) is 90.1 Å². The smallest absolute Gasteiger partial charge is 0.137 e. The molecule has 0 saturated carbocycles. The van der Waals surface area contributed by atoms with Crippen LogP contribution < -0.4 is 11.5 Å². The third kappa shape index (κ3) is 3.09. The molecule has 0 unspecified atom stereocenters. The second-order valence-corrected chi connectivity index (χ2v) is 6.20. The average molecular weight is 372 g/mol. The van der Waals surface area contributed by atoms with Gasteiger partial charge in [-0.1, -0.05) is 6.07 Å². The number of allylic oxidation sites excluding steroid dienone is 1. The van der Waals surface area contributed by atoms with Gasteiger partial charge >= 0.3 is 0 Å². The predicted molar refractivity (Wildman–Crippen MR) is 108 cm³/mol. The Hall–Kier alpha value is -4.00. The molecule has 3 aromatic heterocycles. The zero-order valence-corrected chi connectivity index (χ0v) is 14.8. The lowest BCUT2D eigenvalue weighted by Crippen LogP contribution is -2.06. The zero-order valence-electron chi connectivity index (χ0n) is 14.8. The molecule has 0 aliphatic carbocycles. The Kier molecular flexibility index (Phi) is 4.33. The molecule has 138 valence electrons. The monoisotopic (exact) mass is 372 g/mol. The molecule has 0 bridgehead atoms. The van der Waals surface area contributed by atoms with Gasteiger partial charge in [0, 0.05) is 29.1 Å². The summed E-state index contributed by atoms with van der Waals surface area (Å²) >= 11 is 0. The van der Waals surface area contributed by atoms with Crippen LogP contribution in [0.3, 0.4) is 0 Å². The fourth-order valence-electron chi connectivity index (χ4n) is 3.02. The Morgan fingerprint density at radius 3 is 2.50 bits per heavy atom. The van der Waals surface area contributed by atoms with E-state index in [2.05, 4.69) is 9.97 Å². The van der Waals surface area contributed by atoms with Crippen molar-refractivity contribution in [2.24, 2.45) is 5.73 Å². The predicted octanol–water partition coefficient (Wildman–Crippen LogP) is 3.49. The lowest BCUT2D eigenvalue weighted by Gasteiger charge is -2.11. The Bertz CT molecular complexity index is 1210. The molecule has 0 aliphatic heterocycles. The van der Waals surface area contributed by atoms with E-state index in [9.17, 15) is 4.39 Å². The highest BCUT2D eigenvalue weighted by atomic mass is 19.1. The van der Waals surface area contributed by atoms with Crippen LogP contribution in [0.15, 0.2) is 73.2 Å². The summed E-state index contributed by atoms with van der Waals surface area (Å²) in [6.45, 7) is 0. The van der Waals surface area contributed by atoms with E-state index in [0.717, 1.165) is 16.9 Å². The first kappa shape index (κ1) is 17.4. The Balaban J connectivity index is 1.79. The van der Waals surface area contributed by atoms with Gasteiger partial charge in [0.1, 0.15) is 17.3 Å². The van der Waals surface area contributed by atoms with E-state index in [1.54, 1.807) is 24.4 Å². The molecule has 0 atom stereocenters. The largest absolute Gasteiger partial charge is 0.404 e. The summed E-state index contributed by atoms with van der Waals surface area (Å²) in [4.78, 5) is 8.75. The van der Waals surface area contributed by atoms with Crippen LogP contribution in [0.4, 0.5) is 10.2 Å². The summed E-state index contributed by atoms with van der Waals surface area (Å²) in [5.74, 6) is 0.0678. The fraction of sp³-hybridized carbons (Fsp3) is 0. The van der Waals surface area contributed by atoms with Crippen molar-refractivity contribution in [3.8, 4) is 11.4 Å². The Morgan fingerprint density at radius 2 is 1.79 bits per heavy atom. The van der Waals surface area contributed by atoms with Crippen LogP contribution in [0.25, 0.3) is 22.6 Å². The third-order valence-corrected chi connectivity index (χ3v) is 4.42. The van der Waals surface area contributed by atoms with E-state index in [0.29, 0.717) is 22.6 Å². The first-order valence-corrected chi connectivity index (χ1v) is 8.54. The third-order valence-electron chi connectivity index (χ3n) is 4.42. The van der Waals surface area contributed by atoms with Crippen LogP contribution in [0.5, 0.6) is 0 Å². The van der Waals surface area contributed by atoms with Crippen molar-refractivity contribution < 1.29 is 4.39 Å². The molecule has 5 N–H and O–H groups in total. The molecule has 0 spiro atoms. The highest BCUT2D eigenvalue weighted by Gasteiger charge is 2.14. The van der Waals surface area contributed by atoms with Crippen LogP contribution in [0.2, 0.25) is 0 Å². The van der Waals surface area contributed by atoms with Crippen LogP contribution in [0, 0.1) is 11.2 Å². The number of halogens is 1. The summed E-state index contributed by atoms with van der Waals surface area (Å²) in [5.41, 5.74) is 15.8. The van der Waals surface area contributed by atoms with E-state index in [4.69, 9.17) is 16.9 Å². The molecule has 0 aliphatic rings. The number of anilines is 1. The van der Waals surface area contributed by atoms with Crippen molar-refractivity contribution >= 4 is 22.7 Å². The molecular weight excluding hydrogens is 355 g/mol. The molecule has 7 heteroatoms. The topological polar surface area (TPSA) is 106 Å². The molecule has 4 aromatic rings. The molecule has 28 heavy (non-hydrogen) atoms. The molecule has 1 aromatic carbocycles. The SMILES string of the molecule is N=C(/C(=C\N)c1ccc2ncc(-c3cccc(N)n3)n2c1)c1ccc(F)cc1. The number of benzene rings is 1. The molecule has 0 fully saturated rings. The van der Waals surface area contributed by atoms with Gasteiger partial charge in [-0.2, -0.15) is 0 Å². The van der Waals surface area contributed by atoms with Crippen LogP contribution >= 0.6 is 0 Å². The summed E-state index contributed by atoms with van der Waals surface area (Å²) in [7, 11) is 0. The number of pyridine rings is 2. The van der Waals surface area contributed by atoms with Crippen molar-refractivity contribution in [2.45, 2.75) is 0 Å². The van der Waals surface area contributed by atoms with Crippen molar-refractivity contribution in [1.29, 1.82) is 5.41 Å². The van der Waals surface area contributed by atoms with Crippen LogP contribution in [-0.4, -0.2) is 20.1 Å². The summed E-state index contributed by atoms with van der Waals surface area (Å²) in [6.07, 6.45) is 4.94. The summed E-state index contributed by atoms with van der Waals surface area (Å²) in [6, 6.07) is 14.8. The van der Waals surface area contributed by atoms with Gasteiger partial charge in [-0.25, -0.2) is 14.4 Å². The average Bonchev–Trinajstić information content (AvgIpc) is 3.12. The van der Waals surface area contributed by atoms with E-state index >= 15 is 0 Å². The Labute approximate surface area is 160 Å². The number of fused-ring (bicyclic) bond motifs is 1. The minimum absolute atomic E-state index is 0.200. The maximum atomic E-state index is 13.2. The van der Waals surface area contributed by atoms with Gasteiger partial charge in [-0.3, -0.25) is 9.81 Å². The maximum absolute atomic E-state index is 13.2. The second kappa shape index (κ2) is 6.96. The standard InChI is InChI=1S/C21H17FN6/c22-15-7-4-13(5-8-15)21(25)16(10-23)14-6-9-20-26-11-18(28(20)12-14)17-2-1-3-19(24)27-17/h1-12,25H,23H2,(H2,24,27)/b16-10-,25-21?. The summed E-state index contributed by atoms with van der Waals surface area (Å²) in [5, 5.41) is 8.49. The lowest BCUT2D eigenvalue weighted by molar-refractivity contribution is 0.628. The van der Waals surface area contributed by atoms with Gasteiger partial charge < -0.3 is 11.5 Å². The highest BCUT2D eigenvalue weighted by molar-refractivity contribution is 6.30. The van der Waals surface area contributed by atoms with Crippen molar-refractivity contribution in [2.75, 3.05) is 5.73 Å². The van der Waals surface area contributed by atoms with Crippen molar-refractivity contribution in [3.63, 3.8) is 0 Å². The van der Waals surface area contributed by atoms with Crippen LogP contribution in [0.1, 0.15) is 11.1 Å². The van der Waals surface area contributed by atoms with Gasteiger partial charge in [0.05, 0.1) is 23.3 Å². The number of hydrogen-bond donors (Lipinski definition) is 3. The van der Waals surface area contributed by atoms with E-state index in [-0.39, 0.29) is 11.5 Å². The maximum Gasteiger partial charge on any atom is 0.137 e. The first-order valence-electron chi connectivity index (χ1n) is 8.54. The minimum atomic E-state index is -0.353.